The van der Waals surface area contributed by atoms with Gasteiger partial charge in [-0.1, -0.05) is 33.1 Å². The fourth-order valence-electron chi connectivity index (χ4n) is 2.48. The van der Waals surface area contributed by atoms with Crippen LogP contribution in [0.15, 0.2) is 0 Å². The molecule has 0 amide bonds. The maximum atomic E-state index is 5.87. The van der Waals surface area contributed by atoms with Crippen molar-refractivity contribution in [2.45, 2.75) is 64.4 Å². The Bertz CT molecular complexity index is 200. The van der Waals surface area contributed by atoms with Crippen LogP contribution in [0, 0.1) is 0 Å². The molecule has 1 aliphatic rings. The highest BCUT2D eigenvalue weighted by Gasteiger charge is 2.32. The number of rotatable bonds is 6. The highest BCUT2D eigenvalue weighted by atomic mass is 16.5. The number of nitrogens with zero attached hydrogens (tertiary/aromatic N) is 1. The Kier molecular flexibility index (Phi) is 5.84. The molecule has 92 valence electrons. The van der Waals surface area contributed by atoms with E-state index in [0.717, 1.165) is 19.7 Å². The number of unbranched alkanes of at least 4 members (excludes halogenated alkanes) is 2. The molecule has 2 unspecified atom stereocenters. The van der Waals surface area contributed by atoms with E-state index in [9.17, 15) is 0 Å². The van der Waals surface area contributed by atoms with Crippen molar-refractivity contribution >= 4 is 7.85 Å². The lowest BCUT2D eigenvalue weighted by Gasteiger charge is -2.45. The summed E-state index contributed by atoms with van der Waals surface area (Å²) in [6, 6.07) is -0.0919. The van der Waals surface area contributed by atoms with Gasteiger partial charge < -0.3 is 4.74 Å². The summed E-state index contributed by atoms with van der Waals surface area (Å²) in [4.78, 5) is 2.52. The first kappa shape index (κ1) is 14.0. The van der Waals surface area contributed by atoms with Gasteiger partial charge in [0.05, 0.1) is 6.61 Å². The van der Waals surface area contributed by atoms with E-state index in [-0.39, 0.29) is 6.00 Å². The van der Waals surface area contributed by atoms with Crippen molar-refractivity contribution in [1.29, 1.82) is 0 Å². The summed E-state index contributed by atoms with van der Waals surface area (Å²) in [7, 11) is 5.87. The Morgan fingerprint density at radius 1 is 1.38 bits per heavy atom. The van der Waals surface area contributed by atoms with Crippen LogP contribution in [0.3, 0.4) is 0 Å². The third-order valence-electron chi connectivity index (χ3n) is 3.94. The number of morpholine rings is 1. The molecule has 0 saturated carbocycles. The van der Waals surface area contributed by atoms with Crippen molar-refractivity contribution in [3.8, 4) is 0 Å². The summed E-state index contributed by atoms with van der Waals surface area (Å²) in [5.41, 5.74) is 0.316. The SMILES string of the molecule is [B]C1CN(C(C)(CC)CCCCC)CCO1. The van der Waals surface area contributed by atoms with E-state index in [0.29, 0.717) is 5.54 Å². The second-order valence-electron chi connectivity index (χ2n) is 5.16. The maximum absolute atomic E-state index is 5.87. The molecule has 1 heterocycles. The summed E-state index contributed by atoms with van der Waals surface area (Å²) in [6.07, 6.45) is 6.44. The predicted molar refractivity (Wildman–Crippen MR) is 69.9 cm³/mol. The first-order valence-corrected chi connectivity index (χ1v) is 6.74. The topological polar surface area (TPSA) is 12.5 Å². The molecule has 2 atom stereocenters. The summed E-state index contributed by atoms with van der Waals surface area (Å²) < 4.78 is 5.41. The van der Waals surface area contributed by atoms with Gasteiger partial charge in [0, 0.05) is 24.6 Å². The normalized spacial score (nSPS) is 26.6. The third-order valence-corrected chi connectivity index (χ3v) is 3.94. The quantitative estimate of drug-likeness (QED) is 0.507. The molecule has 1 fully saturated rings. The van der Waals surface area contributed by atoms with E-state index in [4.69, 9.17) is 12.6 Å². The summed E-state index contributed by atoms with van der Waals surface area (Å²) in [5.74, 6) is 0. The Balaban J connectivity index is 2.48. The standard InChI is InChI=1S/C13H26BNO/c1-4-6-7-8-13(3,5-2)15-9-10-16-12(14)11-15/h12H,4-11H2,1-3H3. The lowest BCUT2D eigenvalue weighted by Crippen LogP contribution is -2.54. The highest BCUT2D eigenvalue weighted by Crippen LogP contribution is 2.27. The van der Waals surface area contributed by atoms with Crippen LogP contribution in [-0.4, -0.2) is 44.0 Å². The van der Waals surface area contributed by atoms with Crippen molar-refractivity contribution in [2.75, 3.05) is 19.7 Å². The molecule has 0 bridgehead atoms. The molecular formula is C13H26BNO. The van der Waals surface area contributed by atoms with Crippen molar-refractivity contribution in [3.63, 3.8) is 0 Å². The molecule has 16 heavy (non-hydrogen) atoms. The molecule has 2 radical (unpaired) electrons. The Labute approximate surface area is 102 Å². The molecule has 2 nitrogen and oxygen atoms in total. The number of hydrogen-bond donors (Lipinski definition) is 0. The van der Waals surface area contributed by atoms with Gasteiger partial charge in [-0.15, -0.1) is 0 Å². The number of hydrogen-bond acceptors (Lipinski definition) is 2. The van der Waals surface area contributed by atoms with Gasteiger partial charge in [-0.3, -0.25) is 4.90 Å². The zero-order valence-electron chi connectivity index (χ0n) is 11.2. The van der Waals surface area contributed by atoms with Crippen molar-refractivity contribution < 1.29 is 4.74 Å². The molecule has 1 aliphatic heterocycles. The zero-order chi connectivity index (χ0) is 12.0. The fourth-order valence-corrected chi connectivity index (χ4v) is 2.48. The molecule has 0 aromatic heterocycles. The molecule has 0 aliphatic carbocycles. The van der Waals surface area contributed by atoms with Crippen LogP contribution >= 0.6 is 0 Å². The Morgan fingerprint density at radius 3 is 2.69 bits per heavy atom. The van der Waals surface area contributed by atoms with Gasteiger partial charge in [-0.25, -0.2) is 0 Å². The van der Waals surface area contributed by atoms with Gasteiger partial charge in [-0.05, 0) is 19.8 Å². The summed E-state index contributed by atoms with van der Waals surface area (Å²) >= 11 is 0. The smallest absolute Gasteiger partial charge is 0.110 e. The molecule has 0 N–H and O–H groups in total. The van der Waals surface area contributed by atoms with Crippen LogP contribution in [0.5, 0.6) is 0 Å². The van der Waals surface area contributed by atoms with Gasteiger partial charge in [0.2, 0.25) is 0 Å². The van der Waals surface area contributed by atoms with E-state index >= 15 is 0 Å². The third kappa shape index (κ3) is 3.78. The van der Waals surface area contributed by atoms with Crippen LogP contribution in [0.4, 0.5) is 0 Å². The summed E-state index contributed by atoms with van der Waals surface area (Å²) in [6.45, 7) is 9.62. The second kappa shape index (κ2) is 6.66. The average molecular weight is 223 g/mol. The molecule has 0 aromatic rings. The van der Waals surface area contributed by atoms with Gasteiger partial charge >= 0.3 is 0 Å². The largest absolute Gasteiger partial charge is 0.385 e. The Hall–Kier alpha value is -0.0151. The number of ether oxygens (including phenoxy) is 1. The van der Waals surface area contributed by atoms with Crippen LogP contribution in [0.25, 0.3) is 0 Å². The van der Waals surface area contributed by atoms with E-state index in [2.05, 4.69) is 25.7 Å². The molecule has 1 rings (SSSR count). The predicted octanol–water partition coefficient (Wildman–Crippen LogP) is 2.56. The van der Waals surface area contributed by atoms with Crippen molar-refractivity contribution in [2.24, 2.45) is 0 Å². The molecular weight excluding hydrogens is 197 g/mol. The van der Waals surface area contributed by atoms with Crippen LogP contribution in [0.1, 0.15) is 52.9 Å². The minimum atomic E-state index is -0.0919. The highest BCUT2D eigenvalue weighted by molar-refractivity contribution is 6.11. The van der Waals surface area contributed by atoms with Crippen molar-refractivity contribution in [3.05, 3.63) is 0 Å². The van der Waals surface area contributed by atoms with E-state index in [1.54, 1.807) is 0 Å². The van der Waals surface area contributed by atoms with E-state index < -0.39 is 0 Å². The van der Waals surface area contributed by atoms with Crippen LogP contribution in [0.2, 0.25) is 0 Å². The molecule has 0 aromatic carbocycles. The Morgan fingerprint density at radius 2 is 2.12 bits per heavy atom. The van der Waals surface area contributed by atoms with Crippen molar-refractivity contribution in [1.82, 2.24) is 4.90 Å². The summed E-state index contributed by atoms with van der Waals surface area (Å²) in [5, 5.41) is 0. The second-order valence-corrected chi connectivity index (χ2v) is 5.16. The van der Waals surface area contributed by atoms with Gasteiger partial charge in [-0.2, -0.15) is 0 Å². The minimum Gasteiger partial charge on any atom is -0.385 e. The first-order valence-electron chi connectivity index (χ1n) is 6.74. The molecule has 3 heteroatoms. The van der Waals surface area contributed by atoms with Crippen LogP contribution < -0.4 is 0 Å². The molecule has 0 spiro atoms. The lowest BCUT2D eigenvalue weighted by molar-refractivity contribution is -0.0387. The average Bonchev–Trinajstić information content (AvgIpc) is 2.29. The monoisotopic (exact) mass is 223 g/mol. The lowest BCUT2D eigenvalue weighted by atomic mass is 9.87. The van der Waals surface area contributed by atoms with Gasteiger partial charge in [0.1, 0.15) is 7.85 Å². The van der Waals surface area contributed by atoms with E-state index in [1.807, 2.05) is 0 Å². The molecule has 1 saturated heterocycles. The van der Waals surface area contributed by atoms with Crippen LogP contribution in [-0.2, 0) is 4.74 Å². The minimum absolute atomic E-state index is 0.0919. The van der Waals surface area contributed by atoms with Gasteiger partial charge in [0.15, 0.2) is 0 Å². The van der Waals surface area contributed by atoms with E-state index in [1.165, 1.54) is 32.1 Å². The zero-order valence-corrected chi connectivity index (χ0v) is 11.2. The first-order chi connectivity index (χ1) is 7.62. The maximum Gasteiger partial charge on any atom is 0.110 e. The van der Waals surface area contributed by atoms with Gasteiger partial charge in [0.25, 0.3) is 0 Å². The fraction of sp³-hybridized carbons (Fsp3) is 1.00.